The van der Waals surface area contributed by atoms with Crippen molar-refractivity contribution >= 4 is 21.8 Å². The Hall–Kier alpha value is -2.68. The van der Waals surface area contributed by atoms with Gasteiger partial charge in [-0.15, -0.1) is 0 Å². The first-order valence-electron chi connectivity index (χ1n) is 9.40. The van der Waals surface area contributed by atoms with Crippen molar-refractivity contribution in [3.05, 3.63) is 71.8 Å². The minimum atomic E-state index is 0.482. The van der Waals surface area contributed by atoms with Crippen LogP contribution in [0.2, 0.25) is 0 Å². The van der Waals surface area contributed by atoms with Crippen molar-refractivity contribution in [2.75, 3.05) is 0 Å². The summed E-state index contributed by atoms with van der Waals surface area (Å²) in [7, 11) is 0. The second-order valence-electron chi connectivity index (χ2n) is 6.80. The largest absolute Gasteiger partial charge is 0.343 e. The molecular weight excluding hydrogens is 318 g/mol. The van der Waals surface area contributed by atoms with Gasteiger partial charge in [-0.25, -0.2) is 0 Å². The highest BCUT2D eigenvalue weighted by molar-refractivity contribution is 5.84. The zero-order chi connectivity index (χ0) is 18.7. The van der Waals surface area contributed by atoms with Crippen LogP contribution in [-0.2, 0) is 6.54 Å². The highest BCUT2D eigenvalue weighted by atomic mass is 15.0. The fourth-order valence-corrected chi connectivity index (χ4v) is 3.32. The summed E-state index contributed by atoms with van der Waals surface area (Å²) in [4.78, 5) is 8.93. The van der Waals surface area contributed by atoms with E-state index in [1.165, 1.54) is 33.0 Å². The zero-order valence-electron chi connectivity index (χ0n) is 16.3. The molecule has 3 nitrogen and oxygen atoms in total. The van der Waals surface area contributed by atoms with E-state index in [-0.39, 0.29) is 0 Å². The molecule has 0 aliphatic rings. The van der Waals surface area contributed by atoms with Gasteiger partial charge in [0.25, 0.3) is 0 Å². The van der Waals surface area contributed by atoms with E-state index in [2.05, 4.69) is 71.8 Å². The summed E-state index contributed by atoms with van der Waals surface area (Å²) in [5.41, 5.74) is 6.10. The second-order valence-corrected chi connectivity index (χ2v) is 6.80. The number of fused-ring (bicyclic) bond motifs is 2. The molecule has 0 unspecified atom stereocenters. The summed E-state index contributed by atoms with van der Waals surface area (Å²) in [6.45, 7) is 11.4. The van der Waals surface area contributed by atoms with E-state index < -0.39 is 0 Å². The normalized spacial score (nSPS) is 11.0. The third kappa shape index (κ3) is 3.48. The standard InChI is InChI=1S/C21H21N3.C2H6/c1-14(2)19-13-24(21-6-7-22-11-18(19)21)12-16-9-17-5-4-15(3)8-20(17)23-10-16;1-2/h4-11,13-14H,12H2,1-3H3;1-2H3. The molecule has 0 aliphatic heterocycles. The van der Waals surface area contributed by atoms with Gasteiger partial charge in [0.15, 0.2) is 0 Å². The number of benzene rings is 1. The first kappa shape index (κ1) is 18.1. The molecule has 3 heterocycles. The number of aryl methyl sites for hydroxylation is 1. The minimum absolute atomic E-state index is 0.482. The van der Waals surface area contributed by atoms with Crippen molar-refractivity contribution in [3.8, 4) is 0 Å². The predicted molar refractivity (Wildman–Crippen MR) is 111 cm³/mol. The molecule has 0 saturated heterocycles. The average molecular weight is 345 g/mol. The molecule has 26 heavy (non-hydrogen) atoms. The highest BCUT2D eigenvalue weighted by Crippen LogP contribution is 2.27. The van der Waals surface area contributed by atoms with Gasteiger partial charge in [-0.3, -0.25) is 9.97 Å². The van der Waals surface area contributed by atoms with Crippen LogP contribution in [0.3, 0.4) is 0 Å². The first-order chi connectivity index (χ1) is 12.6. The summed E-state index contributed by atoms with van der Waals surface area (Å²) < 4.78 is 2.31. The summed E-state index contributed by atoms with van der Waals surface area (Å²) in [6.07, 6.45) is 8.09. The van der Waals surface area contributed by atoms with Crippen molar-refractivity contribution in [3.63, 3.8) is 0 Å². The molecule has 1 aromatic carbocycles. The quantitative estimate of drug-likeness (QED) is 0.450. The maximum absolute atomic E-state index is 4.63. The summed E-state index contributed by atoms with van der Waals surface area (Å²) in [5, 5.41) is 2.44. The lowest BCUT2D eigenvalue weighted by Crippen LogP contribution is -1.99. The van der Waals surface area contributed by atoms with Crippen molar-refractivity contribution in [1.82, 2.24) is 14.5 Å². The molecule has 0 bridgehead atoms. The molecule has 0 saturated carbocycles. The molecule has 0 spiro atoms. The number of nitrogens with zero attached hydrogens (tertiary/aromatic N) is 3. The summed E-state index contributed by atoms with van der Waals surface area (Å²) in [6, 6.07) is 10.8. The number of hydrogen-bond donors (Lipinski definition) is 0. The second kappa shape index (κ2) is 7.69. The lowest BCUT2D eigenvalue weighted by molar-refractivity contribution is 0.808. The third-order valence-electron chi connectivity index (χ3n) is 4.58. The SMILES string of the molecule is CC.Cc1ccc2cc(Cn3cc(C(C)C)c4cnccc43)cnc2c1. The van der Waals surface area contributed by atoms with E-state index in [9.17, 15) is 0 Å². The van der Waals surface area contributed by atoms with Gasteiger partial charge in [-0.2, -0.15) is 0 Å². The molecule has 3 heteroatoms. The van der Waals surface area contributed by atoms with Crippen LogP contribution < -0.4 is 0 Å². The molecular formula is C23H27N3. The predicted octanol–water partition coefficient (Wildman–Crippen LogP) is 6.09. The zero-order valence-corrected chi connectivity index (χ0v) is 16.3. The highest BCUT2D eigenvalue weighted by Gasteiger charge is 2.11. The van der Waals surface area contributed by atoms with Gasteiger partial charge in [0, 0.05) is 42.1 Å². The van der Waals surface area contributed by atoms with Crippen molar-refractivity contribution < 1.29 is 0 Å². The molecule has 0 aliphatic carbocycles. The maximum Gasteiger partial charge on any atom is 0.0704 e. The van der Waals surface area contributed by atoms with E-state index in [1.54, 1.807) is 0 Å². The van der Waals surface area contributed by atoms with Gasteiger partial charge in [-0.1, -0.05) is 39.8 Å². The Balaban J connectivity index is 0.000000948. The summed E-state index contributed by atoms with van der Waals surface area (Å²) in [5.74, 6) is 0.482. The molecule has 3 aromatic heterocycles. The van der Waals surface area contributed by atoms with Gasteiger partial charge < -0.3 is 4.57 Å². The average Bonchev–Trinajstić information content (AvgIpc) is 3.02. The van der Waals surface area contributed by atoms with Gasteiger partial charge >= 0.3 is 0 Å². The molecule has 0 fully saturated rings. The number of aromatic nitrogens is 3. The Morgan fingerprint density at radius 3 is 2.62 bits per heavy atom. The minimum Gasteiger partial charge on any atom is -0.343 e. The van der Waals surface area contributed by atoms with E-state index in [0.29, 0.717) is 5.92 Å². The monoisotopic (exact) mass is 345 g/mol. The van der Waals surface area contributed by atoms with E-state index in [1.807, 2.05) is 32.4 Å². The Labute approximate surface area is 155 Å². The van der Waals surface area contributed by atoms with Crippen LogP contribution in [0.1, 0.15) is 50.3 Å². The Bertz CT molecular complexity index is 1030. The molecule has 0 atom stereocenters. The van der Waals surface area contributed by atoms with Gasteiger partial charge in [0.05, 0.1) is 11.0 Å². The van der Waals surface area contributed by atoms with Gasteiger partial charge in [0.1, 0.15) is 0 Å². The molecule has 4 rings (SSSR count). The van der Waals surface area contributed by atoms with Crippen LogP contribution in [0, 0.1) is 6.92 Å². The fourth-order valence-electron chi connectivity index (χ4n) is 3.32. The van der Waals surface area contributed by atoms with Gasteiger partial charge in [0.2, 0.25) is 0 Å². The fraction of sp³-hybridized carbons (Fsp3) is 0.304. The van der Waals surface area contributed by atoms with Crippen LogP contribution in [0.25, 0.3) is 21.8 Å². The topological polar surface area (TPSA) is 30.7 Å². The van der Waals surface area contributed by atoms with Crippen LogP contribution in [0.5, 0.6) is 0 Å². The first-order valence-corrected chi connectivity index (χ1v) is 9.40. The van der Waals surface area contributed by atoms with Crippen LogP contribution in [0.4, 0.5) is 0 Å². The Morgan fingerprint density at radius 2 is 1.85 bits per heavy atom. The lowest BCUT2D eigenvalue weighted by atomic mass is 10.0. The molecule has 0 amide bonds. The molecule has 0 radical (unpaired) electrons. The number of rotatable bonds is 3. The van der Waals surface area contributed by atoms with E-state index in [4.69, 9.17) is 0 Å². The van der Waals surface area contributed by atoms with Crippen LogP contribution in [0.15, 0.2) is 55.1 Å². The van der Waals surface area contributed by atoms with Gasteiger partial charge in [-0.05, 0) is 47.7 Å². The molecule has 134 valence electrons. The van der Waals surface area contributed by atoms with E-state index >= 15 is 0 Å². The summed E-state index contributed by atoms with van der Waals surface area (Å²) >= 11 is 0. The van der Waals surface area contributed by atoms with Crippen LogP contribution in [-0.4, -0.2) is 14.5 Å². The maximum atomic E-state index is 4.63. The number of hydrogen-bond acceptors (Lipinski definition) is 2. The third-order valence-corrected chi connectivity index (χ3v) is 4.58. The smallest absolute Gasteiger partial charge is 0.0704 e. The molecule has 0 N–H and O–H groups in total. The van der Waals surface area contributed by atoms with Crippen molar-refractivity contribution in [2.45, 2.75) is 47.1 Å². The Morgan fingerprint density at radius 1 is 1.04 bits per heavy atom. The van der Waals surface area contributed by atoms with Crippen LogP contribution >= 0.6 is 0 Å². The number of pyridine rings is 2. The van der Waals surface area contributed by atoms with E-state index in [0.717, 1.165) is 12.1 Å². The Kier molecular flexibility index (Phi) is 5.36. The molecule has 4 aromatic rings. The van der Waals surface area contributed by atoms with Crippen molar-refractivity contribution in [1.29, 1.82) is 0 Å². The van der Waals surface area contributed by atoms with Crippen molar-refractivity contribution in [2.24, 2.45) is 0 Å². The lowest BCUT2D eigenvalue weighted by Gasteiger charge is -2.07.